The van der Waals surface area contributed by atoms with E-state index in [1.807, 2.05) is 13.8 Å². The van der Waals surface area contributed by atoms with E-state index in [0.29, 0.717) is 12.0 Å². The number of carboxylic acids is 1. The van der Waals surface area contributed by atoms with E-state index in [-0.39, 0.29) is 11.8 Å². The zero-order chi connectivity index (χ0) is 12.8. The van der Waals surface area contributed by atoms with E-state index in [9.17, 15) is 9.59 Å². The Morgan fingerprint density at radius 1 is 1.29 bits per heavy atom. The Morgan fingerprint density at radius 3 is 2.35 bits per heavy atom. The monoisotopic (exact) mass is 235 g/mol. The summed E-state index contributed by atoms with van der Waals surface area (Å²) in [6.07, 6.45) is 0.700. The molecular formula is C13H17NO3. The van der Waals surface area contributed by atoms with Crippen LogP contribution < -0.4 is 5.32 Å². The van der Waals surface area contributed by atoms with Gasteiger partial charge in [-0.15, -0.1) is 0 Å². The van der Waals surface area contributed by atoms with Gasteiger partial charge in [0.25, 0.3) is 5.91 Å². The number of benzene rings is 1. The average Bonchev–Trinajstić information content (AvgIpc) is 2.35. The lowest BCUT2D eigenvalue weighted by Gasteiger charge is -2.20. The van der Waals surface area contributed by atoms with Gasteiger partial charge in [-0.2, -0.15) is 0 Å². The van der Waals surface area contributed by atoms with Crippen molar-refractivity contribution in [2.75, 3.05) is 0 Å². The molecule has 0 heterocycles. The van der Waals surface area contributed by atoms with E-state index in [1.54, 1.807) is 30.3 Å². The third-order valence-corrected chi connectivity index (χ3v) is 2.80. The first-order chi connectivity index (χ1) is 8.06. The highest BCUT2D eigenvalue weighted by Gasteiger charge is 2.25. The van der Waals surface area contributed by atoms with Gasteiger partial charge in [-0.05, 0) is 18.1 Å². The van der Waals surface area contributed by atoms with Gasteiger partial charge in [-0.1, -0.05) is 38.5 Å². The number of nitrogens with one attached hydrogen (secondary N) is 1. The summed E-state index contributed by atoms with van der Waals surface area (Å²) >= 11 is 0. The smallest absolute Gasteiger partial charge is 0.326 e. The second-order valence-electron chi connectivity index (χ2n) is 4.04. The minimum absolute atomic E-state index is 0.0971. The van der Waals surface area contributed by atoms with Crippen molar-refractivity contribution >= 4 is 11.9 Å². The molecule has 0 saturated carbocycles. The van der Waals surface area contributed by atoms with Crippen LogP contribution in [-0.2, 0) is 4.79 Å². The first-order valence-electron chi connectivity index (χ1n) is 5.65. The number of carboxylic acid groups (broad SMARTS) is 1. The molecule has 17 heavy (non-hydrogen) atoms. The van der Waals surface area contributed by atoms with Gasteiger partial charge in [-0.3, -0.25) is 4.79 Å². The number of hydrogen-bond acceptors (Lipinski definition) is 2. The van der Waals surface area contributed by atoms with E-state index in [0.717, 1.165) is 0 Å². The Bertz CT molecular complexity index is 389. The van der Waals surface area contributed by atoms with Crippen LogP contribution >= 0.6 is 0 Å². The second-order valence-corrected chi connectivity index (χ2v) is 4.04. The number of hydrogen-bond donors (Lipinski definition) is 2. The Balaban J connectivity index is 2.75. The predicted octanol–water partition coefficient (Wildman–Crippen LogP) is 1.92. The van der Waals surface area contributed by atoms with Gasteiger partial charge >= 0.3 is 5.97 Å². The highest BCUT2D eigenvalue weighted by molar-refractivity contribution is 5.96. The quantitative estimate of drug-likeness (QED) is 0.819. The fraction of sp³-hybridized carbons (Fsp3) is 0.385. The number of carbonyl (C=O) groups excluding carboxylic acids is 1. The molecule has 1 amide bonds. The Kier molecular flexibility index (Phi) is 4.69. The molecule has 0 saturated heterocycles. The lowest BCUT2D eigenvalue weighted by Crippen LogP contribution is -2.44. The molecule has 0 bridgehead atoms. The maximum Gasteiger partial charge on any atom is 0.326 e. The first kappa shape index (κ1) is 13.2. The van der Waals surface area contributed by atoms with Gasteiger partial charge in [0.1, 0.15) is 6.04 Å². The van der Waals surface area contributed by atoms with Gasteiger partial charge in [0.2, 0.25) is 0 Å². The SMILES string of the molecule is CC[C@@H](C)[C@@H](NC(=O)c1ccccc1)C(=O)O. The van der Waals surface area contributed by atoms with Crippen molar-refractivity contribution in [1.82, 2.24) is 5.32 Å². The lowest BCUT2D eigenvalue weighted by atomic mass is 9.99. The molecule has 0 aromatic heterocycles. The summed E-state index contributed by atoms with van der Waals surface area (Å²) < 4.78 is 0. The molecule has 4 heteroatoms. The Hall–Kier alpha value is -1.84. The van der Waals surface area contributed by atoms with Gasteiger partial charge in [0, 0.05) is 5.56 Å². The summed E-state index contributed by atoms with van der Waals surface area (Å²) in [6, 6.07) is 7.77. The van der Waals surface area contributed by atoms with Gasteiger partial charge in [0.15, 0.2) is 0 Å². The molecule has 0 aliphatic rings. The molecule has 0 radical (unpaired) electrons. The molecule has 4 nitrogen and oxygen atoms in total. The Labute approximate surface area is 101 Å². The van der Waals surface area contributed by atoms with Crippen LogP contribution in [0.3, 0.4) is 0 Å². The predicted molar refractivity (Wildman–Crippen MR) is 64.8 cm³/mol. The highest BCUT2D eigenvalue weighted by atomic mass is 16.4. The summed E-state index contributed by atoms with van der Waals surface area (Å²) in [5.41, 5.74) is 0.474. The van der Waals surface area contributed by atoms with Crippen LogP contribution in [0.25, 0.3) is 0 Å². The van der Waals surface area contributed by atoms with Crippen molar-refractivity contribution in [3.05, 3.63) is 35.9 Å². The van der Waals surface area contributed by atoms with Crippen LogP contribution in [0.15, 0.2) is 30.3 Å². The molecule has 92 valence electrons. The van der Waals surface area contributed by atoms with Crippen LogP contribution in [0.1, 0.15) is 30.6 Å². The van der Waals surface area contributed by atoms with E-state index in [4.69, 9.17) is 5.11 Å². The largest absolute Gasteiger partial charge is 0.480 e. The fourth-order valence-corrected chi connectivity index (χ4v) is 1.50. The van der Waals surface area contributed by atoms with Crippen LogP contribution in [0.2, 0.25) is 0 Å². The molecule has 1 rings (SSSR count). The van der Waals surface area contributed by atoms with Crippen molar-refractivity contribution in [3.8, 4) is 0 Å². The second kappa shape index (κ2) is 6.03. The molecule has 0 fully saturated rings. The maximum absolute atomic E-state index is 11.8. The molecule has 1 aromatic carbocycles. The number of carbonyl (C=O) groups is 2. The number of amides is 1. The summed E-state index contributed by atoms with van der Waals surface area (Å²) in [6.45, 7) is 3.71. The van der Waals surface area contributed by atoms with Crippen LogP contribution in [-0.4, -0.2) is 23.0 Å². The van der Waals surface area contributed by atoms with E-state index >= 15 is 0 Å². The van der Waals surface area contributed by atoms with E-state index in [2.05, 4.69) is 5.32 Å². The van der Waals surface area contributed by atoms with Crippen LogP contribution in [0.5, 0.6) is 0 Å². The summed E-state index contributed by atoms with van der Waals surface area (Å²) in [5.74, 6) is -1.44. The summed E-state index contributed by atoms with van der Waals surface area (Å²) in [7, 11) is 0. The lowest BCUT2D eigenvalue weighted by molar-refractivity contribution is -0.140. The third kappa shape index (κ3) is 3.59. The van der Waals surface area contributed by atoms with E-state index < -0.39 is 12.0 Å². The van der Waals surface area contributed by atoms with Crippen LogP contribution in [0.4, 0.5) is 0 Å². The molecule has 1 aromatic rings. The third-order valence-electron chi connectivity index (χ3n) is 2.80. The van der Waals surface area contributed by atoms with E-state index in [1.165, 1.54) is 0 Å². The molecule has 0 aliphatic carbocycles. The zero-order valence-corrected chi connectivity index (χ0v) is 10.0. The van der Waals surface area contributed by atoms with Crippen LogP contribution in [0, 0.1) is 5.92 Å². The van der Waals surface area contributed by atoms with Crippen molar-refractivity contribution in [2.24, 2.45) is 5.92 Å². The molecule has 0 unspecified atom stereocenters. The van der Waals surface area contributed by atoms with Gasteiger partial charge in [-0.25, -0.2) is 4.79 Å². The average molecular weight is 235 g/mol. The van der Waals surface area contributed by atoms with Gasteiger partial charge < -0.3 is 10.4 Å². The normalized spacial score (nSPS) is 13.8. The zero-order valence-electron chi connectivity index (χ0n) is 10.0. The molecule has 0 aliphatic heterocycles. The minimum atomic E-state index is -0.997. The summed E-state index contributed by atoms with van der Waals surface area (Å²) in [5, 5.41) is 11.6. The number of rotatable bonds is 5. The van der Waals surface area contributed by atoms with Crippen molar-refractivity contribution in [3.63, 3.8) is 0 Å². The summed E-state index contributed by atoms with van der Waals surface area (Å²) in [4.78, 5) is 22.9. The van der Waals surface area contributed by atoms with Crippen molar-refractivity contribution in [2.45, 2.75) is 26.3 Å². The van der Waals surface area contributed by atoms with Gasteiger partial charge in [0.05, 0.1) is 0 Å². The van der Waals surface area contributed by atoms with Crippen molar-refractivity contribution < 1.29 is 14.7 Å². The molecular weight excluding hydrogens is 218 g/mol. The maximum atomic E-state index is 11.8. The molecule has 2 N–H and O–H groups in total. The molecule has 2 atom stereocenters. The molecule has 0 spiro atoms. The minimum Gasteiger partial charge on any atom is -0.480 e. The topological polar surface area (TPSA) is 66.4 Å². The standard InChI is InChI=1S/C13H17NO3/c1-3-9(2)11(13(16)17)14-12(15)10-7-5-4-6-8-10/h4-9,11H,3H2,1-2H3,(H,14,15)(H,16,17)/t9-,11-/m1/s1. The highest BCUT2D eigenvalue weighted by Crippen LogP contribution is 2.09. The first-order valence-corrected chi connectivity index (χ1v) is 5.65. The number of aliphatic carboxylic acids is 1. The fourth-order valence-electron chi connectivity index (χ4n) is 1.50. The van der Waals surface area contributed by atoms with Crippen molar-refractivity contribution in [1.29, 1.82) is 0 Å². The Morgan fingerprint density at radius 2 is 1.88 bits per heavy atom.